The Hall–Kier alpha value is -0.300. The van der Waals surface area contributed by atoms with Crippen LogP contribution < -0.4 is 0 Å². The van der Waals surface area contributed by atoms with E-state index in [0.29, 0.717) is 0 Å². The zero-order chi connectivity index (χ0) is 6.27. The van der Waals surface area contributed by atoms with Gasteiger partial charge in [0.25, 0.3) is 0 Å². The summed E-state index contributed by atoms with van der Waals surface area (Å²) in [5.41, 5.74) is 0. The molecule has 0 aromatic carbocycles. The predicted molar refractivity (Wildman–Crippen MR) is 40.8 cm³/mol. The van der Waals surface area contributed by atoms with Crippen LogP contribution in [0, 0.1) is 6.92 Å². The van der Waals surface area contributed by atoms with E-state index in [-0.39, 0.29) is 0 Å². The van der Waals surface area contributed by atoms with E-state index in [0.717, 1.165) is 5.92 Å². The lowest BCUT2D eigenvalue weighted by Gasteiger charge is -1.83. The van der Waals surface area contributed by atoms with Crippen LogP contribution in [-0.2, 0) is 0 Å². The average Bonchev–Trinajstić information content (AvgIpc) is 2.58. The minimum Gasteiger partial charge on any atom is -0.145 e. The smallest absolute Gasteiger partial charge is 0.00791 e. The zero-order valence-electron chi connectivity index (χ0n) is 5.26. The topological polar surface area (TPSA) is 0 Å². The molecule has 1 aliphatic carbocycles. The van der Waals surface area contributed by atoms with Crippen LogP contribution in [0.15, 0.2) is 12.1 Å². The molecule has 0 aliphatic heterocycles. The second-order valence-electron chi connectivity index (χ2n) is 2.58. The molecule has 0 bridgehead atoms. The third-order valence-corrected chi connectivity index (χ3v) is 2.77. The van der Waals surface area contributed by atoms with Crippen molar-refractivity contribution in [2.24, 2.45) is 0 Å². The second-order valence-corrected chi connectivity index (χ2v) is 3.78. The molecule has 1 saturated carbocycles. The summed E-state index contributed by atoms with van der Waals surface area (Å²) in [5.74, 6) is 0.908. The van der Waals surface area contributed by atoms with Crippen LogP contribution in [0.25, 0.3) is 0 Å². The molecule has 0 saturated heterocycles. The molecule has 0 nitrogen and oxygen atoms in total. The molecular formula is C8H9S. The van der Waals surface area contributed by atoms with Gasteiger partial charge in [-0.1, -0.05) is 0 Å². The van der Waals surface area contributed by atoms with E-state index in [2.05, 4.69) is 19.1 Å². The minimum atomic E-state index is 0.908. The summed E-state index contributed by atoms with van der Waals surface area (Å²) < 4.78 is 0. The van der Waals surface area contributed by atoms with Gasteiger partial charge in [-0.15, -0.1) is 11.3 Å². The molecule has 1 radical (unpaired) electrons. The minimum absolute atomic E-state index is 0.908. The highest BCUT2D eigenvalue weighted by atomic mass is 32.1. The van der Waals surface area contributed by atoms with Crippen LogP contribution in [0.2, 0.25) is 0 Å². The molecule has 0 atom stereocenters. The summed E-state index contributed by atoms with van der Waals surface area (Å²) in [7, 11) is 0. The van der Waals surface area contributed by atoms with E-state index in [4.69, 9.17) is 0 Å². The van der Waals surface area contributed by atoms with E-state index >= 15 is 0 Å². The number of rotatable bonds is 1. The molecule has 2 rings (SSSR count). The largest absolute Gasteiger partial charge is 0.145 e. The molecule has 0 spiro atoms. The Balaban J connectivity index is 2.28. The molecule has 9 heavy (non-hydrogen) atoms. The van der Waals surface area contributed by atoms with E-state index in [1.165, 1.54) is 17.7 Å². The Bertz CT molecular complexity index is 208. The fourth-order valence-corrected chi connectivity index (χ4v) is 1.96. The Morgan fingerprint density at radius 2 is 2.22 bits per heavy atom. The summed E-state index contributed by atoms with van der Waals surface area (Å²) in [6.07, 6.45) is 2.81. The van der Waals surface area contributed by atoms with Gasteiger partial charge in [0.2, 0.25) is 0 Å². The van der Waals surface area contributed by atoms with Crippen molar-refractivity contribution in [3.8, 4) is 0 Å². The van der Waals surface area contributed by atoms with Crippen molar-refractivity contribution in [1.82, 2.24) is 0 Å². The fraction of sp³-hybridized carbons (Fsp3) is 0.375. The van der Waals surface area contributed by atoms with Crippen molar-refractivity contribution in [3.05, 3.63) is 28.8 Å². The van der Waals surface area contributed by atoms with E-state index in [1.807, 2.05) is 11.3 Å². The van der Waals surface area contributed by atoms with Gasteiger partial charge in [0.05, 0.1) is 0 Å². The van der Waals surface area contributed by atoms with Crippen molar-refractivity contribution < 1.29 is 0 Å². The maximum Gasteiger partial charge on any atom is 0.00791 e. The Morgan fingerprint density at radius 1 is 1.44 bits per heavy atom. The highest BCUT2D eigenvalue weighted by Gasteiger charge is 2.24. The van der Waals surface area contributed by atoms with E-state index in [9.17, 15) is 0 Å². The van der Waals surface area contributed by atoms with Crippen LogP contribution in [0.5, 0.6) is 0 Å². The van der Waals surface area contributed by atoms with Crippen molar-refractivity contribution in [2.45, 2.75) is 18.8 Å². The molecular weight excluding hydrogens is 128 g/mol. The van der Waals surface area contributed by atoms with Gasteiger partial charge in [-0.3, -0.25) is 0 Å². The molecule has 1 heterocycles. The normalized spacial score (nSPS) is 18.3. The van der Waals surface area contributed by atoms with Gasteiger partial charge in [-0.05, 0) is 37.8 Å². The molecule has 0 N–H and O–H groups in total. The second kappa shape index (κ2) is 1.84. The van der Waals surface area contributed by atoms with Gasteiger partial charge in [0.15, 0.2) is 0 Å². The van der Waals surface area contributed by atoms with Crippen molar-refractivity contribution in [1.29, 1.82) is 0 Å². The van der Waals surface area contributed by atoms with Gasteiger partial charge in [-0.2, -0.15) is 0 Å². The molecule has 1 aromatic rings. The maximum absolute atomic E-state index is 3.87. The van der Waals surface area contributed by atoms with Crippen molar-refractivity contribution in [2.75, 3.05) is 0 Å². The van der Waals surface area contributed by atoms with Gasteiger partial charge < -0.3 is 0 Å². The predicted octanol–water partition coefficient (Wildman–Crippen LogP) is 2.81. The number of thiophene rings is 1. The summed E-state index contributed by atoms with van der Waals surface area (Å²) in [5, 5.41) is 0. The lowest BCUT2D eigenvalue weighted by molar-refractivity contribution is 1.18. The Morgan fingerprint density at radius 3 is 2.67 bits per heavy atom. The Labute approximate surface area is 59.5 Å². The van der Waals surface area contributed by atoms with Crippen molar-refractivity contribution in [3.63, 3.8) is 0 Å². The zero-order valence-corrected chi connectivity index (χ0v) is 6.08. The highest BCUT2D eigenvalue weighted by molar-refractivity contribution is 7.12. The third kappa shape index (κ3) is 1.01. The summed E-state index contributed by atoms with van der Waals surface area (Å²) in [4.78, 5) is 2.75. The van der Waals surface area contributed by atoms with Gasteiger partial charge in [0, 0.05) is 9.75 Å². The lowest BCUT2D eigenvalue weighted by Crippen LogP contribution is -1.63. The first-order valence-corrected chi connectivity index (χ1v) is 4.09. The van der Waals surface area contributed by atoms with Gasteiger partial charge in [-0.25, -0.2) is 0 Å². The standard InChI is InChI=1S/C8H9S/c1-6-2-5-8(9-6)7-3-4-7/h2,5,7H,1,3-4H2. The molecule has 0 amide bonds. The first-order valence-electron chi connectivity index (χ1n) is 3.28. The van der Waals surface area contributed by atoms with Crippen molar-refractivity contribution >= 4 is 11.3 Å². The lowest BCUT2D eigenvalue weighted by atomic mass is 10.3. The Kier molecular flexibility index (Phi) is 1.12. The van der Waals surface area contributed by atoms with Crippen LogP contribution in [0.1, 0.15) is 28.5 Å². The highest BCUT2D eigenvalue weighted by Crippen LogP contribution is 2.42. The molecule has 1 heteroatoms. The van der Waals surface area contributed by atoms with Gasteiger partial charge >= 0.3 is 0 Å². The van der Waals surface area contributed by atoms with E-state index < -0.39 is 0 Å². The summed E-state index contributed by atoms with van der Waals surface area (Å²) >= 11 is 1.85. The molecule has 0 unspecified atom stereocenters. The molecule has 1 fully saturated rings. The maximum atomic E-state index is 3.87. The fourth-order valence-electron chi connectivity index (χ4n) is 0.982. The molecule has 1 aromatic heterocycles. The number of hydrogen-bond donors (Lipinski definition) is 0. The quantitative estimate of drug-likeness (QED) is 0.558. The third-order valence-electron chi connectivity index (χ3n) is 1.66. The van der Waals surface area contributed by atoms with Crippen LogP contribution >= 0.6 is 11.3 Å². The van der Waals surface area contributed by atoms with Gasteiger partial charge in [0.1, 0.15) is 0 Å². The summed E-state index contributed by atoms with van der Waals surface area (Å²) in [6.45, 7) is 3.87. The van der Waals surface area contributed by atoms with Crippen LogP contribution in [0.4, 0.5) is 0 Å². The van der Waals surface area contributed by atoms with Crippen LogP contribution in [0.3, 0.4) is 0 Å². The SMILES string of the molecule is [CH2]c1ccc(C2CC2)s1. The first-order chi connectivity index (χ1) is 4.36. The molecule has 47 valence electrons. The average molecular weight is 137 g/mol. The number of hydrogen-bond acceptors (Lipinski definition) is 1. The summed E-state index contributed by atoms with van der Waals surface area (Å²) in [6, 6.07) is 4.32. The van der Waals surface area contributed by atoms with E-state index in [1.54, 1.807) is 4.88 Å². The van der Waals surface area contributed by atoms with Crippen LogP contribution in [-0.4, -0.2) is 0 Å². The molecule has 1 aliphatic rings. The first kappa shape index (κ1) is 5.48. The monoisotopic (exact) mass is 137 g/mol.